The summed E-state index contributed by atoms with van der Waals surface area (Å²) in [5.74, 6) is 0.0562. The predicted octanol–water partition coefficient (Wildman–Crippen LogP) is 6.54. The minimum Gasteiger partial charge on any atom is -0.288 e. The van der Waals surface area contributed by atoms with Crippen LogP contribution in [-0.2, 0) is 0 Å². The van der Waals surface area contributed by atoms with E-state index in [2.05, 4.69) is 54.6 Å². The molecule has 0 fully saturated rings. The molecule has 0 saturated heterocycles. The van der Waals surface area contributed by atoms with Crippen molar-refractivity contribution in [3.05, 3.63) is 88.6 Å². The molecule has 25 heavy (non-hydrogen) atoms. The van der Waals surface area contributed by atoms with Crippen LogP contribution in [-0.4, -0.2) is 5.78 Å². The van der Waals surface area contributed by atoms with Gasteiger partial charge in [-0.05, 0) is 55.4 Å². The van der Waals surface area contributed by atoms with Gasteiger partial charge in [0.1, 0.15) is 0 Å². The molecule has 5 aromatic rings. The minimum absolute atomic E-state index is 0.0562. The first-order chi connectivity index (χ1) is 12.3. The highest BCUT2D eigenvalue weighted by molar-refractivity contribution is 7.12. The van der Waals surface area contributed by atoms with Crippen molar-refractivity contribution >= 4 is 55.5 Å². The predicted molar refractivity (Wildman–Crippen MR) is 108 cm³/mol. The lowest BCUT2D eigenvalue weighted by molar-refractivity contribution is 0.105. The standard InChI is InChI=1S/C23H14OS/c24-20(21-5-2-14-25-21)13-11-15-6-7-18-9-8-16-3-1-4-17-10-12-19(15)23(18)22(16)17/h1-14H/b13-11+. The Balaban J connectivity index is 1.72. The summed E-state index contributed by atoms with van der Waals surface area (Å²) in [7, 11) is 0. The fourth-order valence-corrected chi connectivity index (χ4v) is 4.21. The zero-order valence-corrected chi connectivity index (χ0v) is 14.2. The monoisotopic (exact) mass is 338 g/mol. The van der Waals surface area contributed by atoms with Gasteiger partial charge in [0.15, 0.2) is 5.78 Å². The van der Waals surface area contributed by atoms with Crippen LogP contribution in [0.1, 0.15) is 15.2 Å². The van der Waals surface area contributed by atoms with Crippen LogP contribution in [0.15, 0.2) is 78.2 Å². The van der Waals surface area contributed by atoms with Crippen molar-refractivity contribution in [2.24, 2.45) is 0 Å². The topological polar surface area (TPSA) is 17.1 Å². The maximum atomic E-state index is 12.3. The molecule has 1 nitrogen and oxygen atoms in total. The van der Waals surface area contributed by atoms with Crippen LogP contribution in [0.25, 0.3) is 38.4 Å². The fraction of sp³-hybridized carbons (Fsp3) is 0. The molecule has 0 N–H and O–H groups in total. The fourth-order valence-electron chi connectivity index (χ4n) is 3.57. The molecule has 0 saturated carbocycles. The van der Waals surface area contributed by atoms with Crippen LogP contribution in [0.5, 0.6) is 0 Å². The van der Waals surface area contributed by atoms with E-state index in [1.165, 1.54) is 43.7 Å². The van der Waals surface area contributed by atoms with Crippen molar-refractivity contribution in [2.45, 2.75) is 0 Å². The molecule has 0 atom stereocenters. The summed E-state index contributed by atoms with van der Waals surface area (Å²) in [6.45, 7) is 0. The molecule has 0 amide bonds. The quantitative estimate of drug-likeness (QED) is 0.207. The molecule has 0 bridgehead atoms. The summed E-state index contributed by atoms with van der Waals surface area (Å²) < 4.78 is 0. The highest BCUT2D eigenvalue weighted by Crippen LogP contribution is 2.36. The van der Waals surface area contributed by atoms with Gasteiger partial charge in [-0.3, -0.25) is 4.79 Å². The Morgan fingerprint density at radius 1 is 0.760 bits per heavy atom. The Labute approximate surface area is 149 Å². The maximum absolute atomic E-state index is 12.3. The first-order valence-corrected chi connectivity index (χ1v) is 9.12. The summed E-state index contributed by atoms with van der Waals surface area (Å²) in [4.78, 5) is 13.0. The van der Waals surface area contributed by atoms with Crippen molar-refractivity contribution in [1.82, 2.24) is 0 Å². The lowest BCUT2D eigenvalue weighted by Gasteiger charge is -2.12. The lowest BCUT2D eigenvalue weighted by atomic mass is 9.92. The van der Waals surface area contributed by atoms with Crippen molar-refractivity contribution in [2.75, 3.05) is 0 Å². The van der Waals surface area contributed by atoms with Gasteiger partial charge in [0.25, 0.3) is 0 Å². The number of rotatable bonds is 3. The number of carbonyl (C=O) groups excluding carboxylic acids is 1. The second-order valence-corrected chi connectivity index (χ2v) is 7.13. The van der Waals surface area contributed by atoms with Crippen molar-refractivity contribution < 1.29 is 4.79 Å². The van der Waals surface area contributed by atoms with E-state index < -0.39 is 0 Å². The van der Waals surface area contributed by atoms with Gasteiger partial charge in [-0.15, -0.1) is 11.3 Å². The molecule has 0 unspecified atom stereocenters. The van der Waals surface area contributed by atoms with Gasteiger partial charge in [-0.1, -0.05) is 66.7 Å². The molecule has 0 spiro atoms. The molecule has 5 rings (SSSR count). The number of hydrogen-bond acceptors (Lipinski definition) is 2. The van der Waals surface area contributed by atoms with E-state index in [0.717, 1.165) is 10.4 Å². The van der Waals surface area contributed by atoms with Gasteiger partial charge in [-0.25, -0.2) is 0 Å². The third-order valence-electron chi connectivity index (χ3n) is 4.74. The van der Waals surface area contributed by atoms with Gasteiger partial charge in [-0.2, -0.15) is 0 Å². The summed E-state index contributed by atoms with van der Waals surface area (Å²) in [6.07, 6.45) is 3.62. The molecule has 2 heteroatoms. The average molecular weight is 338 g/mol. The summed E-state index contributed by atoms with van der Waals surface area (Å²) >= 11 is 1.48. The van der Waals surface area contributed by atoms with Crippen molar-refractivity contribution in [3.63, 3.8) is 0 Å². The maximum Gasteiger partial charge on any atom is 0.195 e. The van der Waals surface area contributed by atoms with Crippen LogP contribution >= 0.6 is 11.3 Å². The lowest BCUT2D eigenvalue weighted by Crippen LogP contribution is -1.90. The molecular formula is C23H14OS. The molecular weight excluding hydrogens is 324 g/mol. The molecule has 0 aliphatic carbocycles. The van der Waals surface area contributed by atoms with E-state index in [1.54, 1.807) is 6.08 Å². The summed E-state index contributed by atoms with van der Waals surface area (Å²) in [5, 5.41) is 9.45. The van der Waals surface area contributed by atoms with Gasteiger partial charge in [0, 0.05) is 0 Å². The van der Waals surface area contributed by atoms with Crippen LogP contribution in [0.2, 0.25) is 0 Å². The molecule has 118 valence electrons. The van der Waals surface area contributed by atoms with Crippen molar-refractivity contribution in [3.8, 4) is 0 Å². The van der Waals surface area contributed by atoms with E-state index >= 15 is 0 Å². The zero-order valence-electron chi connectivity index (χ0n) is 13.4. The Morgan fingerprint density at radius 3 is 2.24 bits per heavy atom. The van der Waals surface area contributed by atoms with E-state index in [-0.39, 0.29) is 5.78 Å². The molecule has 0 aliphatic heterocycles. The highest BCUT2D eigenvalue weighted by Gasteiger charge is 2.10. The first-order valence-electron chi connectivity index (χ1n) is 8.24. The average Bonchev–Trinajstić information content (AvgIpc) is 3.19. The normalized spacial score (nSPS) is 12.0. The largest absolute Gasteiger partial charge is 0.288 e. The van der Waals surface area contributed by atoms with Crippen molar-refractivity contribution in [1.29, 1.82) is 0 Å². The van der Waals surface area contributed by atoms with E-state index in [1.807, 2.05) is 23.6 Å². The van der Waals surface area contributed by atoms with Crippen LogP contribution in [0, 0.1) is 0 Å². The van der Waals surface area contributed by atoms with E-state index in [4.69, 9.17) is 0 Å². The van der Waals surface area contributed by atoms with Crippen LogP contribution < -0.4 is 0 Å². The van der Waals surface area contributed by atoms with Gasteiger partial charge < -0.3 is 0 Å². The second kappa shape index (κ2) is 5.54. The third-order valence-corrected chi connectivity index (χ3v) is 5.63. The minimum atomic E-state index is 0.0562. The Kier molecular flexibility index (Phi) is 3.19. The number of carbonyl (C=O) groups is 1. The van der Waals surface area contributed by atoms with Crippen LogP contribution in [0.3, 0.4) is 0 Å². The highest BCUT2D eigenvalue weighted by atomic mass is 32.1. The Bertz CT molecular complexity index is 1230. The third kappa shape index (κ3) is 2.26. The molecule has 1 aromatic heterocycles. The van der Waals surface area contributed by atoms with Gasteiger partial charge in [0.2, 0.25) is 0 Å². The van der Waals surface area contributed by atoms with E-state index in [9.17, 15) is 4.79 Å². The SMILES string of the molecule is O=C(/C=C/c1ccc2ccc3cccc4ccc1c2c34)c1cccs1. The zero-order chi connectivity index (χ0) is 16.8. The number of hydrogen-bond donors (Lipinski definition) is 0. The van der Waals surface area contributed by atoms with Crippen LogP contribution in [0.4, 0.5) is 0 Å². The molecule has 0 aliphatic rings. The van der Waals surface area contributed by atoms with Gasteiger partial charge in [0.05, 0.1) is 4.88 Å². The molecule has 4 aromatic carbocycles. The number of benzene rings is 4. The smallest absolute Gasteiger partial charge is 0.195 e. The summed E-state index contributed by atoms with van der Waals surface area (Å²) in [6, 6.07) is 23.1. The first kappa shape index (κ1) is 14.4. The number of ketones is 1. The number of thiophene rings is 1. The number of allylic oxidation sites excluding steroid dienone is 1. The molecule has 1 heterocycles. The Morgan fingerprint density at radius 2 is 1.48 bits per heavy atom. The summed E-state index contributed by atoms with van der Waals surface area (Å²) in [5.41, 5.74) is 1.08. The van der Waals surface area contributed by atoms with E-state index in [0.29, 0.717) is 0 Å². The van der Waals surface area contributed by atoms with Gasteiger partial charge >= 0.3 is 0 Å². The Hall–Kier alpha value is -2.97. The second-order valence-electron chi connectivity index (χ2n) is 6.19. The molecule has 0 radical (unpaired) electrons.